The van der Waals surface area contributed by atoms with E-state index >= 15 is 0 Å². The van der Waals surface area contributed by atoms with Crippen LogP contribution in [-0.2, 0) is 6.54 Å². The van der Waals surface area contributed by atoms with Gasteiger partial charge in [-0.15, -0.1) is 11.3 Å². The molecule has 1 heterocycles. The van der Waals surface area contributed by atoms with E-state index in [1.807, 2.05) is 24.3 Å². The molecule has 0 saturated heterocycles. The van der Waals surface area contributed by atoms with Crippen molar-refractivity contribution in [1.82, 2.24) is 10.3 Å². The highest BCUT2D eigenvalue weighted by molar-refractivity contribution is 7.13. The van der Waals surface area contributed by atoms with E-state index in [0.29, 0.717) is 30.4 Å². The fourth-order valence-electron chi connectivity index (χ4n) is 3.30. The molecule has 0 aliphatic rings. The monoisotopic (exact) mass is 456 g/mol. The summed E-state index contributed by atoms with van der Waals surface area (Å²) in [5.74, 6) is 1.04. The van der Waals surface area contributed by atoms with Gasteiger partial charge in [0.15, 0.2) is 0 Å². The molecule has 0 fully saturated rings. The Bertz CT molecular complexity index is 1210. The Kier molecular flexibility index (Phi) is 7.20. The quantitative estimate of drug-likeness (QED) is 0.319. The van der Waals surface area contributed by atoms with Crippen LogP contribution in [0.3, 0.4) is 0 Å². The summed E-state index contributed by atoms with van der Waals surface area (Å²) in [6, 6.07) is 23.9. The zero-order chi connectivity index (χ0) is 23.2. The first-order chi connectivity index (χ1) is 16.0. The minimum atomic E-state index is -0.114. The summed E-state index contributed by atoms with van der Waals surface area (Å²) in [4.78, 5) is 17.4. The maximum atomic E-state index is 12.6. The molecule has 33 heavy (non-hydrogen) atoms. The molecular formula is C28H28N2O2S. The maximum absolute atomic E-state index is 12.6. The lowest BCUT2D eigenvalue weighted by molar-refractivity contribution is 0.0950. The molecular weight excluding hydrogens is 428 g/mol. The van der Waals surface area contributed by atoms with E-state index < -0.39 is 0 Å². The van der Waals surface area contributed by atoms with Gasteiger partial charge < -0.3 is 10.1 Å². The predicted molar refractivity (Wildman–Crippen MR) is 136 cm³/mol. The zero-order valence-corrected chi connectivity index (χ0v) is 20.0. The minimum Gasteiger partial charge on any atom is -0.493 e. The van der Waals surface area contributed by atoms with Crippen LogP contribution in [0.15, 0.2) is 78.2 Å². The number of amides is 1. The summed E-state index contributed by atoms with van der Waals surface area (Å²) in [5, 5.41) is 6.07. The van der Waals surface area contributed by atoms with Gasteiger partial charge in [0, 0.05) is 28.6 Å². The van der Waals surface area contributed by atoms with Crippen LogP contribution >= 0.6 is 11.3 Å². The number of carbonyl (C=O) groups is 1. The predicted octanol–water partition coefficient (Wildman–Crippen LogP) is 6.75. The van der Waals surface area contributed by atoms with Crippen LogP contribution in [0.1, 0.15) is 35.3 Å². The first-order valence-corrected chi connectivity index (χ1v) is 12.0. The zero-order valence-electron chi connectivity index (χ0n) is 19.2. The van der Waals surface area contributed by atoms with E-state index in [0.717, 1.165) is 27.4 Å². The Morgan fingerprint density at radius 2 is 1.73 bits per heavy atom. The van der Waals surface area contributed by atoms with Gasteiger partial charge in [0.25, 0.3) is 5.91 Å². The van der Waals surface area contributed by atoms with Crippen molar-refractivity contribution in [3.63, 3.8) is 0 Å². The number of carbonyl (C=O) groups excluding carboxylic acids is 1. The van der Waals surface area contributed by atoms with Gasteiger partial charge in [0.2, 0.25) is 0 Å². The molecule has 0 radical (unpaired) electrons. The van der Waals surface area contributed by atoms with Crippen molar-refractivity contribution in [1.29, 1.82) is 0 Å². The highest BCUT2D eigenvalue weighted by Gasteiger charge is 2.09. The molecule has 0 aliphatic carbocycles. The van der Waals surface area contributed by atoms with Gasteiger partial charge in [0.1, 0.15) is 10.8 Å². The van der Waals surface area contributed by atoms with E-state index in [4.69, 9.17) is 9.72 Å². The molecule has 4 nitrogen and oxygen atoms in total. The first-order valence-electron chi connectivity index (χ1n) is 11.1. The second-order valence-corrected chi connectivity index (χ2v) is 9.37. The smallest absolute Gasteiger partial charge is 0.251 e. The number of ether oxygens (including phenoxy) is 1. The Morgan fingerprint density at radius 1 is 1.00 bits per heavy atom. The van der Waals surface area contributed by atoms with E-state index in [-0.39, 0.29) is 5.91 Å². The summed E-state index contributed by atoms with van der Waals surface area (Å²) in [6.45, 7) is 7.37. The molecule has 5 heteroatoms. The summed E-state index contributed by atoms with van der Waals surface area (Å²) >= 11 is 1.64. The second-order valence-electron chi connectivity index (χ2n) is 8.52. The molecule has 0 atom stereocenters. The molecule has 0 aliphatic heterocycles. The molecule has 168 valence electrons. The van der Waals surface area contributed by atoms with Crippen molar-refractivity contribution >= 4 is 17.2 Å². The molecule has 4 rings (SSSR count). The SMILES string of the molecule is Cc1ccc(-c2csc(-c3ccc(CNC(=O)c4cccc(OCC(C)C)c4)cc3)n2)cc1. The average Bonchev–Trinajstić information content (AvgIpc) is 3.32. The molecule has 0 saturated carbocycles. The normalized spacial score (nSPS) is 10.9. The number of nitrogens with one attached hydrogen (secondary N) is 1. The van der Waals surface area contributed by atoms with Crippen molar-refractivity contribution in [3.05, 3.63) is 94.9 Å². The Labute approximate surface area is 199 Å². The second kappa shape index (κ2) is 10.5. The van der Waals surface area contributed by atoms with Gasteiger partial charge in [-0.05, 0) is 36.6 Å². The fourth-order valence-corrected chi connectivity index (χ4v) is 4.14. The molecule has 3 aromatic carbocycles. The van der Waals surface area contributed by atoms with E-state index in [1.165, 1.54) is 5.56 Å². The lowest BCUT2D eigenvalue weighted by atomic mass is 10.1. The third kappa shape index (κ3) is 6.08. The van der Waals surface area contributed by atoms with Crippen LogP contribution in [0, 0.1) is 12.8 Å². The van der Waals surface area contributed by atoms with Gasteiger partial charge in [0.05, 0.1) is 12.3 Å². The van der Waals surface area contributed by atoms with E-state index in [9.17, 15) is 4.79 Å². The Hall–Kier alpha value is -3.44. The maximum Gasteiger partial charge on any atom is 0.251 e. The molecule has 1 aromatic heterocycles. The average molecular weight is 457 g/mol. The van der Waals surface area contributed by atoms with Crippen LogP contribution in [0.2, 0.25) is 0 Å². The van der Waals surface area contributed by atoms with Crippen LogP contribution in [0.5, 0.6) is 5.75 Å². The lowest BCUT2D eigenvalue weighted by Gasteiger charge is -2.10. The lowest BCUT2D eigenvalue weighted by Crippen LogP contribution is -2.22. The first kappa shape index (κ1) is 22.7. The van der Waals surface area contributed by atoms with Crippen LogP contribution in [0.4, 0.5) is 0 Å². The van der Waals surface area contributed by atoms with Gasteiger partial charge >= 0.3 is 0 Å². The Balaban J connectivity index is 1.36. The highest BCUT2D eigenvalue weighted by atomic mass is 32.1. The van der Waals surface area contributed by atoms with Crippen molar-refractivity contribution in [2.45, 2.75) is 27.3 Å². The Morgan fingerprint density at radius 3 is 2.45 bits per heavy atom. The number of rotatable bonds is 8. The number of aryl methyl sites for hydroxylation is 1. The van der Waals surface area contributed by atoms with Gasteiger partial charge in [-0.1, -0.05) is 74.0 Å². The largest absolute Gasteiger partial charge is 0.493 e. The van der Waals surface area contributed by atoms with Crippen LogP contribution in [-0.4, -0.2) is 17.5 Å². The van der Waals surface area contributed by atoms with Gasteiger partial charge in [-0.3, -0.25) is 4.79 Å². The molecule has 0 bridgehead atoms. The third-order valence-corrected chi connectivity index (χ3v) is 6.08. The highest BCUT2D eigenvalue weighted by Crippen LogP contribution is 2.29. The summed E-state index contributed by atoms with van der Waals surface area (Å²) < 4.78 is 5.73. The molecule has 4 aromatic rings. The molecule has 0 spiro atoms. The van der Waals surface area contributed by atoms with Crippen molar-refractivity contribution in [2.75, 3.05) is 6.61 Å². The van der Waals surface area contributed by atoms with Crippen LogP contribution in [0.25, 0.3) is 21.8 Å². The summed E-state index contributed by atoms with van der Waals surface area (Å²) in [6.07, 6.45) is 0. The van der Waals surface area contributed by atoms with Gasteiger partial charge in [-0.2, -0.15) is 0 Å². The molecule has 0 unspecified atom stereocenters. The number of hydrogen-bond acceptors (Lipinski definition) is 4. The molecule has 1 N–H and O–H groups in total. The number of aromatic nitrogens is 1. The standard InChI is InChI=1S/C28H28N2O2S/c1-19(2)17-32-25-6-4-5-24(15-25)27(31)29-16-21-9-13-23(14-10-21)28-30-26(18-33-28)22-11-7-20(3)8-12-22/h4-15,18-19H,16-17H2,1-3H3,(H,29,31). The van der Waals surface area contributed by atoms with E-state index in [1.54, 1.807) is 23.5 Å². The fraction of sp³-hybridized carbons (Fsp3) is 0.214. The number of benzene rings is 3. The summed E-state index contributed by atoms with van der Waals surface area (Å²) in [5.41, 5.74) is 6.06. The third-order valence-electron chi connectivity index (χ3n) is 5.19. The van der Waals surface area contributed by atoms with Gasteiger partial charge in [-0.25, -0.2) is 4.98 Å². The molecule has 1 amide bonds. The number of nitrogens with zero attached hydrogens (tertiary/aromatic N) is 1. The van der Waals surface area contributed by atoms with E-state index in [2.05, 4.69) is 67.9 Å². The number of thiazole rings is 1. The topological polar surface area (TPSA) is 51.2 Å². The van der Waals surface area contributed by atoms with Crippen LogP contribution < -0.4 is 10.1 Å². The van der Waals surface area contributed by atoms with Crippen molar-refractivity contribution in [3.8, 4) is 27.6 Å². The number of hydrogen-bond donors (Lipinski definition) is 1. The van der Waals surface area contributed by atoms with Crippen molar-refractivity contribution < 1.29 is 9.53 Å². The van der Waals surface area contributed by atoms with Crippen molar-refractivity contribution in [2.24, 2.45) is 5.92 Å². The summed E-state index contributed by atoms with van der Waals surface area (Å²) in [7, 11) is 0. The minimum absolute atomic E-state index is 0.114.